The molecule has 2 aromatic heterocycles. The Balaban J connectivity index is 1.78. The van der Waals surface area contributed by atoms with E-state index in [1.54, 1.807) is 7.11 Å². The van der Waals surface area contributed by atoms with Gasteiger partial charge >= 0.3 is 5.97 Å². The van der Waals surface area contributed by atoms with Gasteiger partial charge in [0.15, 0.2) is 11.8 Å². The molecular formula is C25H31N3O6. The molecule has 4 rings (SSSR count). The highest BCUT2D eigenvalue weighted by atomic mass is 16.6. The highest BCUT2D eigenvalue weighted by Gasteiger charge is 2.42. The van der Waals surface area contributed by atoms with Crippen LogP contribution in [0.3, 0.4) is 0 Å². The molecule has 0 fully saturated rings. The average Bonchev–Trinajstić information content (AvgIpc) is 3.14. The number of imidazole rings is 1. The number of ether oxygens (including phenoxy) is 4. The van der Waals surface area contributed by atoms with Gasteiger partial charge in [-0.3, -0.25) is 0 Å². The maximum absolute atomic E-state index is 12.7. The Labute approximate surface area is 198 Å². The van der Waals surface area contributed by atoms with E-state index in [1.165, 1.54) is 0 Å². The number of methoxy groups -OCH3 is 1. The molecule has 0 saturated carbocycles. The van der Waals surface area contributed by atoms with Gasteiger partial charge in [0.2, 0.25) is 0 Å². The molecule has 9 heteroatoms. The third kappa shape index (κ3) is 4.92. The first-order chi connectivity index (χ1) is 16.5. The van der Waals surface area contributed by atoms with Gasteiger partial charge in [0.05, 0.1) is 43.9 Å². The van der Waals surface area contributed by atoms with Crippen LogP contribution in [0.2, 0.25) is 0 Å². The summed E-state index contributed by atoms with van der Waals surface area (Å²) in [6.45, 7) is 4.38. The fourth-order valence-corrected chi connectivity index (χ4v) is 4.24. The van der Waals surface area contributed by atoms with Crippen molar-refractivity contribution in [2.24, 2.45) is 0 Å². The molecule has 1 aromatic carbocycles. The van der Waals surface area contributed by atoms with Gasteiger partial charge in [0.1, 0.15) is 12.7 Å². The van der Waals surface area contributed by atoms with Crippen molar-refractivity contribution in [2.75, 3.05) is 45.5 Å². The van der Waals surface area contributed by atoms with Crippen LogP contribution in [0.15, 0.2) is 42.6 Å². The monoisotopic (exact) mass is 469 g/mol. The number of aromatic nitrogens is 2. The van der Waals surface area contributed by atoms with Crippen LogP contribution in [-0.2, 0) is 23.7 Å². The van der Waals surface area contributed by atoms with Crippen LogP contribution in [0.1, 0.15) is 34.7 Å². The van der Waals surface area contributed by atoms with Crippen LogP contribution in [0.5, 0.6) is 0 Å². The molecule has 34 heavy (non-hydrogen) atoms. The summed E-state index contributed by atoms with van der Waals surface area (Å²) in [5, 5.41) is 12.5. The predicted octanol–water partition coefficient (Wildman–Crippen LogP) is 2.74. The molecule has 0 unspecified atom stereocenters. The lowest BCUT2D eigenvalue weighted by atomic mass is 9.88. The van der Waals surface area contributed by atoms with E-state index in [0.717, 1.165) is 33.8 Å². The summed E-state index contributed by atoms with van der Waals surface area (Å²) >= 11 is 0. The van der Waals surface area contributed by atoms with E-state index in [4.69, 9.17) is 29.0 Å². The van der Waals surface area contributed by atoms with Crippen LogP contribution >= 0.6 is 0 Å². The number of aliphatic hydroxyl groups excluding tert-OH is 1. The van der Waals surface area contributed by atoms with Gasteiger partial charge in [-0.05, 0) is 25.5 Å². The third-order valence-corrected chi connectivity index (χ3v) is 6.00. The first-order valence-electron chi connectivity index (χ1n) is 11.3. The molecule has 9 nitrogen and oxygen atoms in total. The molecule has 0 radical (unpaired) electrons. The van der Waals surface area contributed by atoms with Gasteiger partial charge < -0.3 is 33.8 Å². The van der Waals surface area contributed by atoms with Crippen molar-refractivity contribution in [3.8, 4) is 0 Å². The minimum absolute atomic E-state index is 0.0628. The lowest BCUT2D eigenvalue weighted by Gasteiger charge is -2.40. The minimum Gasteiger partial charge on any atom is -0.455 e. The van der Waals surface area contributed by atoms with Gasteiger partial charge in [0.25, 0.3) is 0 Å². The lowest BCUT2D eigenvalue weighted by molar-refractivity contribution is -0.166. The molecule has 1 aliphatic rings. The number of carbonyl (C=O) groups excluding carboxylic acids is 1. The maximum atomic E-state index is 12.7. The quantitative estimate of drug-likeness (QED) is 0.345. The number of fused-ring (bicyclic) bond motifs is 3. The zero-order valence-corrected chi connectivity index (χ0v) is 19.7. The predicted molar refractivity (Wildman–Crippen MR) is 126 cm³/mol. The largest absolute Gasteiger partial charge is 0.455 e. The van der Waals surface area contributed by atoms with Crippen LogP contribution in [0.25, 0.3) is 5.65 Å². The van der Waals surface area contributed by atoms with Gasteiger partial charge in [-0.1, -0.05) is 30.3 Å². The molecule has 0 spiro atoms. The Morgan fingerprint density at radius 3 is 2.68 bits per heavy atom. The standard InChI is InChI=1S/C25H31N3O6/c1-16-17(2)28-10-9-19-22(25(28)26-16)27-21(18-7-5-4-6-8-18)24(23(19)33-14-13-31-3)34-20(30)15-32-12-11-29/h4-10,21,23-24,27,29H,11-15H2,1-3H3/t21-,23-,24-/m1/s1. The second kappa shape index (κ2) is 11.0. The number of carbonyl (C=O) groups is 1. The summed E-state index contributed by atoms with van der Waals surface area (Å²) in [5.41, 5.74) is 5.45. The smallest absolute Gasteiger partial charge is 0.332 e. The molecule has 0 bridgehead atoms. The van der Waals surface area contributed by atoms with Crippen molar-refractivity contribution in [2.45, 2.75) is 32.1 Å². The summed E-state index contributed by atoms with van der Waals surface area (Å²) in [6, 6.07) is 11.4. The average molecular weight is 470 g/mol. The first kappa shape index (κ1) is 24.2. The normalized spacial score (nSPS) is 19.6. The number of aliphatic hydroxyl groups is 1. The molecule has 2 N–H and O–H groups in total. The topological polar surface area (TPSA) is 104 Å². The molecule has 0 amide bonds. The SMILES string of the molecule is COCCO[C@@H]1c2ccn3c(C)c(C)nc3c2N[C@H](c2ccccc2)[C@H]1OC(=O)COCCO. The highest BCUT2D eigenvalue weighted by molar-refractivity contribution is 5.76. The Morgan fingerprint density at radius 1 is 1.15 bits per heavy atom. The fourth-order valence-electron chi connectivity index (χ4n) is 4.24. The van der Waals surface area contributed by atoms with Gasteiger partial charge in [-0.15, -0.1) is 0 Å². The van der Waals surface area contributed by atoms with E-state index in [2.05, 4.69) is 5.32 Å². The molecule has 3 heterocycles. The fraction of sp³-hybridized carbons (Fsp3) is 0.440. The number of nitrogens with one attached hydrogen (secondary N) is 1. The lowest BCUT2D eigenvalue weighted by Crippen LogP contribution is -2.41. The highest BCUT2D eigenvalue weighted by Crippen LogP contribution is 2.44. The second-order valence-electron chi connectivity index (χ2n) is 8.17. The van der Waals surface area contributed by atoms with Crippen molar-refractivity contribution < 1.29 is 28.8 Å². The Hall–Kier alpha value is -2.98. The number of pyridine rings is 1. The molecule has 1 aliphatic heterocycles. The maximum Gasteiger partial charge on any atom is 0.332 e. The number of aryl methyl sites for hydroxylation is 2. The van der Waals surface area contributed by atoms with E-state index in [-0.39, 0.29) is 25.9 Å². The molecule has 0 saturated heterocycles. The second-order valence-corrected chi connectivity index (χ2v) is 8.17. The number of anilines is 1. The van der Waals surface area contributed by atoms with E-state index >= 15 is 0 Å². The van der Waals surface area contributed by atoms with Crippen molar-refractivity contribution in [3.05, 3.63) is 65.1 Å². The molecule has 0 aliphatic carbocycles. The van der Waals surface area contributed by atoms with Gasteiger partial charge in [-0.25, -0.2) is 9.78 Å². The van der Waals surface area contributed by atoms with Crippen molar-refractivity contribution in [1.82, 2.24) is 9.38 Å². The Morgan fingerprint density at radius 2 is 1.94 bits per heavy atom. The van der Waals surface area contributed by atoms with E-state index in [0.29, 0.717) is 13.2 Å². The molecular weight excluding hydrogens is 438 g/mol. The summed E-state index contributed by atoms with van der Waals surface area (Å²) in [6.07, 6.45) is 0.738. The summed E-state index contributed by atoms with van der Waals surface area (Å²) in [5.74, 6) is -0.529. The van der Waals surface area contributed by atoms with Crippen molar-refractivity contribution >= 4 is 17.3 Å². The van der Waals surface area contributed by atoms with E-state index < -0.39 is 18.2 Å². The Kier molecular flexibility index (Phi) is 7.79. The number of nitrogens with zero attached hydrogens (tertiary/aromatic N) is 2. The van der Waals surface area contributed by atoms with E-state index in [9.17, 15) is 4.79 Å². The molecule has 182 valence electrons. The number of benzene rings is 1. The Bertz CT molecular complexity index is 1120. The zero-order valence-electron chi connectivity index (χ0n) is 19.7. The zero-order chi connectivity index (χ0) is 24.1. The first-order valence-corrected chi connectivity index (χ1v) is 11.3. The van der Waals surface area contributed by atoms with Crippen molar-refractivity contribution in [3.63, 3.8) is 0 Å². The number of hydrogen-bond donors (Lipinski definition) is 2. The number of rotatable bonds is 10. The van der Waals surface area contributed by atoms with Gasteiger partial charge in [-0.2, -0.15) is 0 Å². The van der Waals surface area contributed by atoms with Crippen LogP contribution < -0.4 is 5.32 Å². The molecule has 3 atom stereocenters. The minimum atomic E-state index is -0.670. The third-order valence-electron chi connectivity index (χ3n) is 6.00. The van der Waals surface area contributed by atoms with Gasteiger partial charge in [0, 0.05) is 24.6 Å². The van der Waals surface area contributed by atoms with Crippen molar-refractivity contribution in [1.29, 1.82) is 0 Å². The van der Waals surface area contributed by atoms with E-state index in [1.807, 2.05) is 60.8 Å². The summed E-state index contributed by atoms with van der Waals surface area (Å²) < 4.78 is 24.6. The molecule has 3 aromatic rings. The number of esters is 1. The van der Waals surface area contributed by atoms with Crippen LogP contribution in [-0.4, -0.2) is 66.7 Å². The van der Waals surface area contributed by atoms with Crippen LogP contribution in [0, 0.1) is 13.8 Å². The summed E-state index contributed by atoms with van der Waals surface area (Å²) in [4.78, 5) is 17.4. The number of hydrogen-bond acceptors (Lipinski definition) is 8. The summed E-state index contributed by atoms with van der Waals surface area (Å²) in [7, 11) is 1.61. The van der Waals surface area contributed by atoms with Crippen LogP contribution in [0.4, 0.5) is 5.69 Å².